The Bertz CT molecular complexity index is 759. The summed E-state index contributed by atoms with van der Waals surface area (Å²) in [5.41, 5.74) is 4.15. The molecule has 0 aliphatic carbocycles. The molecule has 0 fully saturated rings. The van der Waals surface area contributed by atoms with Crippen LogP contribution < -0.4 is 5.32 Å². The third kappa shape index (κ3) is 3.34. The summed E-state index contributed by atoms with van der Waals surface area (Å²) in [7, 11) is 0. The van der Waals surface area contributed by atoms with Crippen LogP contribution in [0.3, 0.4) is 0 Å². The van der Waals surface area contributed by atoms with Gasteiger partial charge < -0.3 is 9.72 Å². The largest absolute Gasteiger partial charge is 0.355 e. The second kappa shape index (κ2) is 6.43. The predicted octanol–water partition coefficient (Wildman–Crippen LogP) is 2.54. The minimum absolute atomic E-state index is 0.0538. The number of carbonyl (C=O) groups excluding carboxylic acids is 1. The summed E-state index contributed by atoms with van der Waals surface area (Å²) in [6.45, 7) is 2.63. The second-order valence-corrected chi connectivity index (χ2v) is 5.40. The normalized spacial score (nSPS) is 10.8. The van der Waals surface area contributed by atoms with Crippen molar-refractivity contribution in [1.82, 2.24) is 14.7 Å². The van der Waals surface area contributed by atoms with Crippen LogP contribution in [0.25, 0.3) is 5.65 Å². The van der Waals surface area contributed by atoms with Crippen LogP contribution in [-0.2, 0) is 17.6 Å². The number of pyridine rings is 1. The molecule has 0 bridgehead atoms. The topological polar surface area (TPSA) is 46.4 Å². The Morgan fingerprint density at radius 1 is 1.18 bits per heavy atom. The molecule has 4 nitrogen and oxygen atoms in total. The van der Waals surface area contributed by atoms with E-state index in [0.717, 1.165) is 28.9 Å². The second-order valence-electron chi connectivity index (χ2n) is 5.40. The van der Waals surface area contributed by atoms with Gasteiger partial charge in [0.05, 0.1) is 12.1 Å². The summed E-state index contributed by atoms with van der Waals surface area (Å²) in [4.78, 5) is 16.5. The van der Waals surface area contributed by atoms with E-state index in [1.807, 2.05) is 66.2 Å². The number of aryl methyl sites for hydroxylation is 1. The molecule has 0 spiro atoms. The standard InChI is InChI=1S/C18H19N3O/c1-14-6-2-3-7-15(14)12-18(22)19-10-9-16-13-21-11-5-4-8-17(21)20-16/h2-8,11,13H,9-10,12H2,1H3,(H,19,22). The van der Waals surface area contributed by atoms with Crippen LogP contribution >= 0.6 is 0 Å². The third-order valence-corrected chi connectivity index (χ3v) is 3.73. The van der Waals surface area contributed by atoms with Crippen LogP contribution in [-0.4, -0.2) is 21.8 Å². The van der Waals surface area contributed by atoms with E-state index in [2.05, 4.69) is 10.3 Å². The molecular weight excluding hydrogens is 274 g/mol. The molecule has 4 heteroatoms. The fourth-order valence-electron chi connectivity index (χ4n) is 2.48. The number of hydrogen-bond acceptors (Lipinski definition) is 2. The fraction of sp³-hybridized carbons (Fsp3) is 0.222. The minimum Gasteiger partial charge on any atom is -0.355 e. The van der Waals surface area contributed by atoms with Crippen molar-refractivity contribution in [2.24, 2.45) is 0 Å². The number of imidazole rings is 1. The molecule has 2 aromatic heterocycles. The molecule has 3 aromatic rings. The highest BCUT2D eigenvalue weighted by Gasteiger charge is 2.06. The van der Waals surface area contributed by atoms with Gasteiger partial charge in [-0.25, -0.2) is 4.98 Å². The summed E-state index contributed by atoms with van der Waals surface area (Å²) in [5.74, 6) is 0.0538. The molecular formula is C18H19N3O. The van der Waals surface area contributed by atoms with Gasteiger partial charge in [-0.05, 0) is 30.2 Å². The third-order valence-electron chi connectivity index (χ3n) is 3.73. The van der Waals surface area contributed by atoms with Crippen molar-refractivity contribution in [3.8, 4) is 0 Å². The molecule has 1 amide bonds. The summed E-state index contributed by atoms with van der Waals surface area (Å²) in [6, 6.07) is 13.9. The quantitative estimate of drug-likeness (QED) is 0.786. The van der Waals surface area contributed by atoms with Crippen molar-refractivity contribution < 1.29 is 4.79 Å². The predicted molar refractivity (Wildman–Crippen MR) is 86.8 cm³/mol. The van der Waals surface area contributed by atoms with E-state index < -0.39 is 0 Å². The van der Waals surface area contributed by atoms with Crippen LogP contribution in [0.5, 0.6) is 0 Å². The average molecular weight is 293 g/mol. The van der Waals surface area contributed by atoms with Gasteiger partial charge in [0.2, 0.25) is 5.91 Å². The van der Waals surface area contributed by atoms with Crippen molar-refractivity contribution in [1.29, 1.82) is 0 Å². The molecule has 2 heterocycles. The first-order chi connectivity index (χ1) is 10.7. The first kappa shape index (κ1) is 14.3. The van der Waals surface area contributed by atoms with E-state index >= 15 is 0 Å². The minimum atomic E-state index is 0.0538. The smallest absolute Gasteiger partial charge is 0.224 e. The Hall–Kier alpha value is -2.62. The molecule has 112 valence electrons. The maximum atomic E-state index is 12.0. The van der Waals surface area contributed by atoms with Gasteiger partial charge in [0.1, 0.15) is 5.65 Å². The van der Waals surface area contributed by atoms with E-state index in [0.29, 0.717) is 13.0 Å². The molecule has 0 radical (unpaired) electrons. The van der Waals surface area contributed by atoms with Crippen LogP contribution in [0.2, 0.25) is 0 Å². The van der Waals surface area contributed by atoms with Crippen molar-refractivity contribution in [2.75, 3.05) is 6.54 Å². The fourth-order valence-corrected chi connectivity index (χ4v) is 2.48. The Morgan fingerprint density at radius 2 is 2.00 bits per heavy atom. The monoisotopic (exact) mass is 293 g/mol. The van der Waals surface area contributed by atoms with Gasteiger partial charge in [-0.15, -0.1) is 0 Å². The number of benzene rings is 1. The molecule has 0 atom stereocenters. The maximum Gasteiger partial charge on any atom is 0.224 e. The van der Waals surface area contributed by atoms with Crippen LogP contribution in [0, 0.1) is 6.92 Å². The molecule has 1 aromatic carbocycles. The molecule has 22 heavy (non-hydrogen) atoms. The SMILES string of the molecule is Cc1ccccc1CC(=O)NCCc1cn2ccccc2n1. The first-order valence-electron chi connectivity index (χ1n) is 7.46. The van der Waals surface area contributed by atoms with Crippen molar-refractivity contribution >= 4 is 11.6 Å². The lowest BCUT2D eigenvalue weighted by Crippen LogP contribution is -2.27. The van der Waals surface area contributed by atoms with Gasteiger partial charge in [0.15, 0.2) is 0 Å². The number of carbonyl (C=O) groups is 1. The van der Waals surface area contributed by atoms with E-state index in [-0.39, 0.29) is 5.91 Å². The van der Waals surface area contributed by atoms with Gasteiger partial charge in [-0.3, -0.25) is 4.79 Å². The summed E-state index contributed by atoms with van der Waals surface area (Å²) in [6.07, 6.45) is 5.14. The highest BCUT2D eigenvalue weighted by atomic mass is 16.1. The maximum absolute atomic E-state index is 12.0. The highest BCUT2D eigenvalue weighted by molar-refractivity contribution is 5.78. The van der Waals surface area contributed by atoms with Crippen LogP contribution in [0.4, 0.5) is 0 Å². The van der Waals surface area contributed by atoms with E-state index in [1.165, 1.54) is 0 Å². The van der Waals surface area contributed by atoms with E-state index in [1.54, 1.807) is 0 Å². The van der Waals surface area contributed by atoms with Crippen LogP contribution in [0.15, 0.2) is 54.9 Å². The zero-order chi connectivity index (χ0) is 15.4. The van der Waals surface area contributed by atoms with Gasteiger partial charge >= 0.3 is 0 Å². The molecule has 0 saturated heterocycles. The molecule has 1 N–H and O–H groups in total. The van der Waals surface area contributed by atoms with Gasteiger partial charge in [0.25, 0.3) is 0 Å². The zero-order valence-corrected chi connectivity index (χ0v) is 12.6. The Morgan fingerprint density at radius 3 is 2.82 bits per heavy atom. The molecule has 0 aliphatic heterocycles. The number of hydrogen-bond donors (Lipinski definition) is 1. The molecule has 0 aliphatic rings. The van der Waals surface area contributed by atoms with E-state index in [4.69, 9.17) is 0 Å². The molecule has 0 unspecified atom stereocenters. The number of aromatic nitrogens is 2. The Balaban J connectivity index is 1.52. The number of rotatable bonds is 5. The number of nitrogens with zero attached hydrogens (tertiary/aromatic N) is 2. The zero-order valence-electron chi connectivity index (χ0n) is 12.6. The van der Waals surface area contributed by atoms with Crippen molar-refractivity contribution in [3.63, 3.8) is 0 Å². The highest BCUT2D eigenvalue weighted by Crippen LogP contribution is 2.08. The lowest BCUT2D eigenvalue weighted by molar-refractivity contribution is -0.120. The van der Waals surface area contributed by atoms with Gasteiger partial charge in [0, 0.05) is 25.4 Å². The van der Waals surface area contributed by atoms with Crippen molar-refractivity contribution in [3.05, 3.63) is 71.7 Å². The summed E-state index contributed by atoms with van der Waals surface area (Å²) < 4.78 is 1.99. The van der Waals surface area contributed by atoms with Crippen molar-refractivity contribution in [2.45, 2.75) is 19.8 Å². The average Bonchev–Trinajstić information content (AvgIpc) is 2.92. The van der Waals surface area contributed by atoms with Crippen LogP contribution in [0.1, 0.15) is 16.8 Å². The summed E-state index contributed by atoms with van der Waals surface area (Å²) in [5, 5.41) is 2.96. The lowest BCUT2D eigenvalue weighted by Gasteiger charge is -2.06. The summed E-state index contributed by atoms with van der Waals surface area (Å²) >= 11 is 0. The number of nitrogens with one attached hydrogen (secondary N) is 1. The lowest BCUT2D eigenvalue weighted by atomic mass is 10.1. The van der Waals surface area contributed by atoms with Gasteiger partial charge in [-0.2, -0.15) is 0 Å². The van der Waals surface area contributed by atoms with Gasteiger partial charge in [-0.1, -0.05) is 30.3 Å². The number of amides is 1. The van der Waals surface area contributed by atoms with E-state index in [9.17, 15) is 4.79 Å². The first-order valence-corrected chi connectivity index (χ1v) is 7.46. The number of fused-ring (bicyclic) bond motifs is 1. The Labute approximate surface area is 129 Å². The Kier molecular flexibility index (Phi) is 4.19. The molecule has 0 saturated carbocycles. The molecule has 3 rings (SSSR count).